The van der Waals surface area contributed by atoms with Gasteiger partial charge < -0.3 is 10.1 Å². The number of nitrogens with zero attached hydrogens (tertiary/aromatic N) is 1. The first kappa shape index (κ1) is 17.5. The van der Waals surface area contributed by atoms with Crippen LogP contribution in [0.5, 0.6) is 5.75 Å². The molecule has 0 aliphatic rings. The maximum Gasteiger partial charge on any atom is 0.262 e. The first-order valence-electron chi connectivity index (χ1n) is 7.29. The van der Waals surface area contributed by atoms with Crippen LogP contribution in [-0.4, -0.2) is 18.3 Å². The molecule has 5 nitrogen and oxygen atoms in total. The van der Waals surface area contributed by atoms with Crippen molar-refractivity contribution in [2.45, 2.75) is 13.3 Å². The smallest absolute Gasteiger partial charge is 0.262 e. The zero-order valence-electron chi connectivity index (χ0n) is 13.0. The van der Waals surface area contributed by atoms with Gasteiger partial charge in [-0.15, -0.1) is 0 Å². The average Bonchev–Trinajstić information content (AvgIpc) is 2.60. The maximum atomic E-state index is 11.9. The van der Waals surface area contributed by atoms with Crippen LogP contribution in [0.4, 0.5) is 5.69 Å². The molecule has 0 atom stereocenters. The van der Waals surface area contributed by atoms with Gasteiger partial charge in [0.15, 0.2) is 12.4 Å². The number of nitrogens with one attached hydrogen (secondary N) is 1. The summed E-state index contributed by atoms with van der Waals surface area (Å²) in [5.74, 6) is 0.192. The van der Waals surface area contributed by atoms with Gasteiger partial charge in [-0.05, 0) is 42.5 Å². The second kappa shape index (κ2) is 8.14. The monoisotopic (exact) mass is 342 g/mol. The Bertz CT molecular complexity index is 795. The van der Waals surface area contributed by atoms with Crippen LogP contribution in [0.15, 0.2) is 42.5 Å². The molecule has 0 aromatic heterocycles. The van der Waals surface area contributed by atoms with E-state index in [-0.39, 0.29) is 23.3 Å². The van der Waals surface area contributed by atoms with E-state index in [1.54, 1.807) is 37.3 Å². The fourth-order valence-electron chi connectivity index (χ4n) is 1.97. The van der Waals surface area contributed by atoms with Crippen molar-refractivity contribution in [3.63, 3.8) is 0 Å². The first-order valence-corrected chi connectivity index (χ1v) is 7.67. The van der Waals surface area contributed by atoms with Crippen molar-refractivity contribution in [1.29, 1.82) is 5.26 Å². The maximum absolute atomic E-state index is 11.9. The van der Waals surface area contributed by atoms with Gasteiger partial charge in [-0.3, -0.25) is 9.59 Å². The summed E-state index contributed by atoms with van der Waals surface area (Å²) in [7, 11) is 0. The molecule has 0 aliphatic carbocycles. The van der Waals surface area contributed by atoms with Crippen LogP contribution in [0.1, 0.15) is 29.3 Å². The zero-order valence-corrected chi connectivity index (χ0v) is 13.8. The van der Waals surface area contributed by atoms with Crippen molar-refractivity contribution in [2.24, 2.45) is 0 Å². The van der Waals surface area contributed by atoms with Gasteiger partial charge in [0.25, 0.3) is 5.91 Å². The van der Waals surface area contributed by atoms with E-state index in [1.165, 1.54) is 12.1 Å². The van der Waals surface area contributed by atoms with Gasteiger partial charge in [-0.1, -0.05) is 18.5 Å². The van der Waals surface area contributed by atoms with E-state index in [0.29, 0.717) is 29.0 Å². The molecule has 122 valence electrons. The van der Waals surface area contributed by atoms with Crippen molar-refractivity contribution >= 4 is 29.0 Å². The molecule has 2 aromatic carbocycles. The number of halogens is 1. The van der Waals surface area contributed by atoms with Crippen LogP contribution >= 0.6 is 11.6 Å². The van der Waals surface area contributed by atoms with Gasteiger partial charge in [-0.2, -0.15) is 5.26 Å². The van der Waals surface area contributed by atoms with Gasteiger partial charge in [0.1, 0.15) is 11.8 Å². The molecule has 0 heterocycles. The van der Waals surface area contributed by atoms with Crippen LogP contribution < -0.4 is 10.1 Å². The summed E-state index contributed by atoms with van der Waals surface area (Å²) in [6, 6.07) is 13.2. The standard InChI is InChI=1S/C18H15ClN2O3/c1-2-17(22)12-4-7-15(8-5-12)24-11-18(23)21-14-6-3-13(10-20)16(19)9-14/h3-9H,2,11H2,1H3,(H,21,23). The third-order valence-corrected chi connectivity index (χ3v) is 3.55. The zero-order chi connectivity index (χ0) is 17.5. The summed E-state index contributed by atoms with van der Waals surface area (Å²) in [6.45, 7) is 1.62. The van der Waals surface area contributed by atoms with Crippen molar-refractivity contribution in [3.8, 4) is 11.8 Å². The molecule has 2 aromatic rings. The van der Waals surface area contributed by atoms with E-state index in [2.05, 4.69) is 5.32 Å². The van der Waals surface area contributed by atoms with E-state index in [9.17, 15) is 9.59 Å². The highest BCUT2D eigenvalue weighted by Gasteiger charge is 2.07. The molecular formula is C18H15ClN2O3. The SMILES string of the molecule is CCC(=O)c1ccc(OCC(=O)Nc2ccc(C#N)c(Cl)c2)cc1. The molecule has 0 saturated carbocycles. The number of amides is 1. The lowest BCUT2D eigenvalue weighted by Crippen LogP contribution is -2.20. The number of rotatable bonds is 6. The number of nitriles is 1. The van der Waals surface area contributed by atoms with Crippen LogP contribution in [0.25, 0.3) is 0 Å². The van der Waals surface area contributed by atoms with Crippen molar-refractivity contribution < 1.29 is 14.3 Å². The van der Waals surface area contributed by atoms with E-state index in [0.717, 1.165) is 0 Å². The third kappa shape index (κ3) is 4.58. The summed E-state index contributed by atoms with van der Waals surface area (Å²) in [4.78, 5) is 23.4. The summed E-state index contributed by atoms with van der Waals surface area (Å²) in [5.41, 5.74) is 1.44. The number of carbonyl (C=O) groups is 2. The lowest BCUT2D eigenvalue weighted by Gasteiger charge is -2.08. The predicted molar refractivity (Wildman–Crippen MR) is 91.4 cm³/mol. The van der Waals surface area contributed by atoms with Crippen molar-refractivity contribution in [3.05, 3.63) is 58.6 Å². The molecule has 0 spiro atoms. The van der Waals surface area contributed by atoms with Crippen LogP contribution in [0.3, 0.4) is 0 Å². The summed E-state index contributed by atoms with van der Waals surface area (Å²) in [6.07, 6.45) is 0.440. The number of benzene rings is 2. The second-order valence-electron chi connectivity index (χ2n) is 4.94. The number of carbonyl (C=O) groups excluding carboxylic acids is 2. The molecule has 0 unspecified atom stereocenters. The van der Waals surface area contributed by atoms with Gasteiger partial charge in [0, 0.05) is 17.7 Å². The van der Waals surface area contributed by atoms with Crippen LogP contribution in [-0.2, 0) is 4.79 Å². The summed E-state index contributed by atoms with van der Waals surface area (Å²) >= 11 is 5.91. The topological polar surface area (TPSA) is 79.2 Å². The highest BCUT2D eigenvalue weighted by atomic mass is 35.5. The summed E-state index contributed by atoms with van der Waals surface area (Å²) < 4.78 is 5.37. The first-order chi connectivity index (χ1) is 11.5. The molecule has 6 heteroatoms. The fourth-order valence-corrected chi connectivity index (χ4v) is 2.19. The molecule has 24 heavy (non-hydrogen) atoms. The van der Waals surface area contributed by atoms with Gasteiger partial charge in [0.2, 0.25) is 0 Å². The molecule has 1 amide bonds. The molecule has 0 fully saturated rings. The van der Waals surface area contributed by atoms with Crippen LogP contribution in [0, 0.1) is 11.3 Å². The van der Waals surface area contributed by atoms with Gasteiger partial charge in [0.05, 0.1) is 10.6 Å². The highest BCUT2D eigenvalue weighted by molar-refractivity contribution is 6.32. The molecule has 0 radical (unpaired) electrons. The number of Topliss-reactive ketones (excluding diaryl/α,β-unsaturated/α-hetero) is 1. The Morgan fingerprint density at radius 1 is 1.21 bits per heavy atom. The van der Waals surface area contributed by atoms with Crippen LogP contribution in [0.2, 0.25) is 5.02 Å². The minimum Gasteiger partial charge on any atom is -0.484 e. The lowest BCUT2D eigenvalue weighted by molar-refractivity contribution is -0.118. The molecule has 2 rings (SSSR count). The molecule has 0 aliphatic heterocycles. The number of anilines is 1. The van der Waals surface area contributed by atoms with Gasteiger partial charge in [-0.25, -0.2) is 0 Å². The normalized spacial score (nSPS) is 9.88. The van der Waals surface area contributed by atoms with E-state index >= 15 is 0 Å². The second-order valence-corrected chi connectivity index (χ2v) is 5.35. The molecule has 1 N–H and O–H groups in total. The minimum atomic E-state index is -0.357. The quantitative estimate of drug-likeness (QED) is 0.809. The van der Waals surface area contributed by atoms with Gasteiger partial charge >= 0.3 is 0 Å². The minimum absolute atomic E-state index is 0.0528. The predicted octanol–water partition coefficient (Wildman–Crippen LogP) is 3.82. The number of hydrogen-bond donors (Lipinski definition) is 1. The number of ether oxygens (including phenoxy) is 1. The Balaban J connectivity index is 1.90. The van der Waals surface area contributed by atoms with E-state index < -0.39 is 0 Å². The fraction of sp³-hybridized carbons (Fsp3) is 0.167. The van der Waals surface area contributed by atoms with E-state index in [4.69, 9.17) is 21.6 Å². The Labute approximate surface area is 144 Å². The molecule has 0 bridgehead atoms. The summed E-state index contributed by atoms with van der Waals surface area (Å²) in [5, 5.41) is 11.7. The Morgan fingerprint density at radius 2 is 1.92 bits per heavy atom. The van der Waals surface area contributed by atoms with Crippen molar-refractivity contribution in [2.75, 3.05) is 11.9 Å². The van der Waals surface area contributed by atoms with Crippen molar-refractivity contribution in [1.82, 2.24) is 0 Å². The Hall–Kier alpha value is -2.84. The number of ketones is 1. The largest absolute Gasteiger partial charge is 0.484 e. The average molecular weight is 343 g/mol. The third-order valence-electron chi connectivity index (χ3n) is 3.24. The molecule has 0 saturated heterocycles. The highest BCUT2D eigenvalue weighted by Crippen LogP contribution is 2.20. The lowest BCUT2D eigenvalue weighted by atomic mass is 10.1. The Morgan fingerprint density at radius 3 is 2.50 bits per heavy atom. The Kier molecular flexibility index (Phi) is 5.94. The molecular weight excluding hydrogens is 328 g/mol. The number of hydrogen-bond acceptors (Lipinski definition) is 4. The van der Waals surface area contributed by atoms with E-state index in [1.807, 2.05) is 6.07 Å².